The lowest BCUT2D eigenvalue weighted by molar-refractivity contribution is -0.141. The number of allylic oxidation sites excluding steroid dienone is 1. The van der Waals surface area contributed by atoms with Crippen molar-refractivity contribution in [3.8, 4) is 0 Å². The van der Waals surface area contributed by atoms with Crippen molar-refractivity contribution in [1.29, 1.82) is 0 Å². The summed E-state index contributed by atoms with van der Waals surface area (Å²) in [5.74, 6) is -0.465. The summed E-state index contributed by atoms with van der Waals surface area (Å²) >= 11 is 0. The first-order chi connectivity index (χ1) is 8.54. The first-order valence-electron chi connectivity index (χ1n) is 6.19. The Hall–Kier alpha value is -1.61. The van der Waals surface area contributed by atoms with Crippen LogP contribution in [0.3, 0.4) is 0 Å². The van der Waals surface area contributed by atoms with Gasteiger partial charge < -0.3 is 9.84 Å². The molecule has 1 N–H and O–H groups in total. The largest absolute Gasteiger partial charge is 0.463 e. The number of carbonyl (C=O) groups is 1. The van der Waals surface area contributed by atoms with Crippen LogP contribution in [0.5, 0.6) is 0 Å². The molecule has 0 aromatic heterocycles. The second kappa shape index (κ2) is 6.36. The molecule has 1 aromatic rings. The van der Waals surface area contributed by atoms with Crippen LogP contribution in [0.25, 0.3) is 0 Å². The molecule has 0 bridgehead atoms. The highest BCUT2D eigenvalue weighted by molar-refractivity contribution is 5.90. The van der Waals surface area contributed by atoms with Crippen molar-refractivity contribution in [2.24, 2.45) is 0 Å². The molecule has 0 aliphatic rings. The van der Waals surface area contributed by atoms with Crippen LogP contribution < -0.4 is 0 Å². The van der Waals surface area contributed by atoms with Crippen LogP contribution in [0, 0.1) is 0 Å². The molecule has 0 heterocycles. The van der Waals surface area contributed by atoms with E-state index in [4.69, 9.17) is 4.74 Å². The summed E-state index contributed by atoms with van der Waals surface area (Å²) < 4.78 is 5.00. The van der Waals surface area contributed by atoms with E-state index in [0.29, 0.717) is 18.6 Å². The van der Waals surface area contributed by atoms with Gasteiger partial charge in [-0.05, 0) is 25.8 Å². The topological polar surface area (TPSA) is 46.5 Å². The molecule has 0 amide bonds. The molecule has 0 saturated carbocycles. The lowest BCUT2D eigenvalue weighted by Crippen LogP contribution is -2.30. The van der Waals surface area contributed by atoms with E-state index in [1.807, 2.05) is 25.1 Å². The summed E-state index contributed by atoms with van der Waals surface area (Å²) in [4.78, 5) is 11.9. The number of hydrogen-bond acceptors (Lipinski definition) is 3. The van der Waals surface area contributed by atoms with Gasteiger partial charge in [0, 0.05) is 0 Å². The molecular weight excluding hydrogens is 228 g/mol. The van der Waals surface area contributed by atoms with Crippen LogP contribution >= 0.6 is 0 Å². The van der Waals surface area contributed by atoms with Gasteiger partial charge in [-0.1, -0.05) is 43.3 Å². The zero-order valence-electron chi connectivity index (χ0n) is 11.1. The summed E-state index contributed by atoms with van der Waals surface area (Å²) in [6.45, 7) is 5.57. The van der Waals surface area contributed by atoms with Crippen LogP contribution in [-0.2, 0) is 15.1 Å². The minimum absolute atomic E-state index is 0.290. The molecule has 98 valence electrons. The van der Waals surface area contributed by atoms with Gasteiger partial charge in [-0.15, -0.1) is 0 Å². The first-order valence-corrected chi connectivity index (χ1v) is 6.19. The molecule has 1 atom stereocenters. The fourth-order valence-corrected chi connectivity index (χ4v) is 1.81. The average Bonchev–Trinajstić information content (AvgIpc) is 2.37. The first kappa shape index (κ1) is 14.5. The number of ether oxygens (including phenoxy) is 1. The smallest absolute Gasteiger partial charge is 0.336 e. The monoisotopic (exact) mass is 248 g/mol. The van der Waals surface area contributed by atoms with Crippen molar-refractivity contribution in [2.45, 2.75) is 32.8 Å². The van der Waals surface area contributed by atoms with Crippen LogP contribution in [0.1, 0.15) is 32.8 Å². The molecular formula is C15H20O3. The van der Waals surface area contributed by atoms with Gasteiger partial charge in [-0.25, -0.2) is 4.79 Å². The molecule has 0 aliphatic carbocycles. The quantitative estimate of drug-likeness (QED) is 0.644. The fourth-order valence-electron chi connectivity index (χ4n) is 1.81. The maximum absolute atomic E-state index is 11.9. The van der Waals surface area contributed by atoms with E-state index in [9.17, 15) is 9.90 Å². The van der Waals surface area contributed by atoms with Crippen LogP contribution in [0.2, 0.25) is 0 Å². The maximum atomic E-state index is 11.9. The molecule has 0 saturated heterocycles. The molecule has 0 radical (unpaired) electrons. The van der Waals surface area contributed by atoms with Gasteiger partial charge in [-0.3, -0.25) is 0 Å². The standard InChI is InChI=1S/C15H20O3/c1-4-9-13(14(16)18-5-2)15(3,17)12-10-7-6-8-11-12/h6-11,17H,4-5H2,1-3H3/b13-9+/t15-/m1/s1. The number of aliphatic hydroxyl groups is 1. The predicted octanol–water partition coefficient (Wildman–Crippen LogP) is 2.79. The van der Waals surface area contributed by atoms with Crippen molar-refractivity contribution in [1.82, 2.24) is 0 Å². The normalized spacial score (nSPS) is 15.0. The van der Waals surface area contributed by atoms with E-state index in [2.05, 4.69) is 0 Å². The number of hydrogen-bond donors (Lipinski definition) is 1. The lowest BCUT2D eigenvalue weighted by Gasteiger charge is -2.26. The van der Waals surface area contributed by atoms with Crippen molar-refractivity contribution >= 4 is 5.97 Å². The van der Waals surface area contributed by atoms with Crippen molar-refractivity contribution in [3.63, 3.8) is 0 Å². The summed E-state index contributed by atoms with van der Waals surface area (Å²) in [5.41, 5.74) is -0.362. The van der Waals surface area contributed by atoms with E-state index in [1.165, 1.54) is 0 Å². The Balaban J connectivity index is 3.13. The summed E-state index contributed by atoms with van der Waals surface area (Å²) in [6, 6.07) is 9.12. The van der Waals surface area contributed by atoms with Crippen LogP contribution in [0.15, 0.2) is 42.0 Å². The Labute approximate surface area is 108 Å². The molecule has 0 fully saturated rings. The third kappa shape index (κ3) is 3.20. The van der Waals surface area contributed by atoms with Gasteiger partial charge in [-0.2, -0.15) is 0 Å². The highest BCUT2D eigenvalue weighted by Crippen LogP contribution is 2.30. The molecule has 1 aromatic carbocycles. The average molecular weight is 248 g/mol. The van der Waals surface area contributed by atoms with Gasteiger partial charge in [0.15, 0.2) is 0 Å². The number of carbonyl (C=O) groups excluding carboxylic acids is 1. The third-order valence-electron chi connectivity index (χ3n) is 2.76. The van der Waals surface area contributed by atoms with Crippen molar-refractivity contribution < 1.29 is 14.6 Å². The second-order valence-electron chi connectivity index (χ2n) is 4.18. The van der Waals surface area contributed by atoms with Crippen LogP contribution in [-0.4, -0.2) is 17.7 Å². The lowest BCUT2D eigenvalue weighted by atomic mass is 9.87. The van der Waals surface area contributed by atoms with Crippen LogP contribution in [0.4, 0.5) is 0 Å². The van der Waals surface area contributed by atoms with E-state index in [0.717, 1.165) is 0 Å². The molecule has 1 rings (SSSR count). The summed E-state index contributed by atoms with van der Waals surface area (Å²) in [7, 11) is 0. The van der Waals surface area contributed by atoms with E-state index >= 15 is 0 Å². The summed E-state index contributed by atoms with van der Waals surface area (Å²) in [5, 5.41) is 10.6. The van der Waals surface area contributed by atoms with E-state index in [1.54, 1.807) is 32.1 Å². The second-order valence-corrected chi connectivity index (χ2v) is 4.18. The minimum atomic E-state index is -1.33. The number of rotatable bonds is 5. The molecule has 3 heteroatoms. The Bertz CT molecular complexity index is 419. The fraction of sp³-hybridized carbons (Fsp3) is 0.400. The Kier molecular flexibility index (Phi) is 5.10. The Morgan fingerprint density at radius 3 is 2.44 bits per heavy atom. The Morgan fingerprint density at radius 1 is 1.33 bits per heavy atom. The number of benzene rings is 1. The molecule has 18 heavy (non-hydrogen) atoms. The Morgan fingerprint density at radius 2 is 1.94 bits per heavy atom. The van der Waals surface area contributed by atoms with Gasteiger partial charge >= 0.3 is 5.97 Å². The van der Waals surface area contributed by atoms with Crippen molar-refractivity contribution in [2.75, 3.05) is 6.61 Å². The zero-order valence-corrected chi connectivity index (χ0v) is 11.1. The third-order valence-corrected chi connectivity index (χ3v) is 2.76. The maximum Gasteiger partial charge on any atom is 0.336 e. The predicted molar refractivity (Wildman–Crippen MR) is 71.0 cm³/mol. The van der Waals surface area contributed by atoms with E-state index < -0.39 is 11.6 Å². The molecule has 0 spiro atoms. The van der Waals surface area contributed by atoms with Crippen molar-refractivity contribution in [3.05, 3.63) is 47.5 Å². The minimum Gasteiger partial charge on any atom is -0.463 e. The van der Waals surface area contributed by atoms with Gasteiger partial charge in [0.1, 0.15) is 5.60 Å². The van der Waals surface area contributed by atoms with Gasteiger partial charge in [0.25, 0.3) is 0 Å². The highest BCUT2D eigenvalue weighted by atomic mass is 16.5. The SMILES string of the molecule is CC/C=C(\C(=O)OCC)[C@](C)(O)c1ccccc1. The highest BCUT2D eigenvalue weighted by Gasteiger charge is 2.33. The molecule has 0 unspecified atom stereocenters. The molecule has 0 aliphatic heterocycles. The van der Waals surface area contributed by atoms with Gasteiger partial charge in [0.05, 0.1) is 12.2 Å². The summed E-state index contributed by atoms with van der Waals surface area (Å²) in [6.07, 6.45) is 2.38. The van der Waals surface area contributed by atoms with Gasteiger partial charge in [0.2, 0.25) is 0 Å². The number of esters is 1. The van der Waals surface area contributed by atoms with E-state index in [-0.39, 0.29) is 5.57 Å². The zero-order chi connectivity index (χ0) is 13.6. The molecule has 3 nitrogen and oxygen atoms in total.